The molecule has 0 radical (unpaired) electrons. The molecule has 0 N–H and O–H groups in total. The molecule has 1 aliphatic rings. The van der Waals surface area contributed by atoms with E-state index in [1.54, 1.807) is 0 Å². The lowest BCUT2D eigenvalue weighted by molar-refractivity contribution is 0.913. The maximum Gasteiger partial charge on any atom is 0.0928 e. The summed E-state index contributed by atoms with van der Waals surface area (Å²) >= 11 is 0. The molecule has 2 aromatic heterocycles. The van der Waals surface area contributed by atoms with Crippen LogP contribution in [0.1, 0.15) is 11.1 Å². The fraction of sp³-hybridized carbons (Fsp3) is 0.111. The molecule has 2 heterocycles. The second kappa shape index (κ2) is 4.57. The Morgan fingerprint density at radius 2 is 1.50 bits per heavy atom. The van der Waals surface area contributed by atoms with Gasteiger partial charge in [-0.25, -0.2) is 4.98 Å². The predicted octanol–water partition coefficient (Wildman–Crippen LogP) is 3.91. The van der Waals surface area contributed by atoms with E-state index in [2.05, 4.69) is 35.3 Å². The third-order valence-electron chi connectivity index (χ3n) is 3.83. The molecule has 0 atom stereocenters. The van der Waals surface area contributed by atoms with Gasteiger partial charge in [0.15, 0.2) is 0 Å². The number of benzene rings is 1. The molecule has 0 saturated carbocycles. The Hall–Kier alpha value is -2.48. The zero-order valence-corrected chi connectivity index (χ0v) is 11.1. The Morgan fingerprint density at radius 3 is 2.35 bits per heavy atom. The second-order valence-corrected chi connectivity index (χ2v) is 5.08. The highest BCUT2D eigenvalue weighted by atomic mass is 14.8. The van der Waals surface area contributed by atoms with E-state index in [9.17, 15) is 0 Å². The van der Waals surface area contributed by atoms with Crippen molar-refractivity contribution < 1.29 is 0 Å². The van der Waals surface area contributed by atoms with Crippen LogP contribution in [0.25, 0.3) is 22.6 Å². The summed E-state index contributed by atoms with van der Waals surface area (Å²) in [4.78, 5) is 9.40. The highest BCUT2D eigenvalue weighted by Gasteiger charge is 2.18. The molecule has 0 unspecified atom stereocenters. The van der Waals surface area contributed by atoms with Gasteiger partial charge in [0.2, 0.25) is 0 Å². The summed E-state index contributed by atoms with van der Waals surface area (Å²) < 4.78 is 0. The van der Waals surface area contributed by atoms with Gasteiger partial charge in [0.25, 0.3) is 0 Å². The number of aryl methyl sites for hydroxylation is 2. The van der Waals surface area contributed by atoms with Crippen molar-refractivity contribution in [3.05, 3.63) is 71.9 Å². The van der Waals surface area contributed by atoms with E-state index in [0.717, 1.165) is 35.5 Å². The molecule has 2 nitrogen and oxygen atoms in total. The summed E-state index contributed by atoms with van der Waals surface area (Å²) in [7, 11) is 0. The van der Waals surface area contributed by atoms with Crippen LogP contribution < -0.4 is 0 Å². The van der Waals surface area contributed by atoms with Crippen molar-refractivity contribution in [1.29, 1.82) is 0 Å². The zero-order chi connectivity index (χ0) is 13.4. The number of fused-ring (bicyclic) bond motifs is 3. The Balaban J connectivity index is 1.90. The van der Waals surface area contributed by atoms with Crippen LogP contribution in [0.3, 0.4) is 0 Å². The highest BCUT2D eigenvalue weighted by Crippen LogP contribution is 2.31. The summed E-state index contributed by atoms with van der Waals surface area (Å²) in [5.41, 5.74) is 6.87. The molecule has 0 fully saturated rings. The van der Waals surface area contributed by atoms with Crippen LogP contribution in [0.5, 0.6) is 0 Å². The molecule has 20 heavy (non-hydrogen) atoms. The molecule has 3 aromatic rings. The predicted molar refractivity (Wildman–Crippen MR) is 80.3 cm³/mol. The van der Waals surface area contributed by atoms with Crippen LogP contribution in [0.4, 0.5) is 0 Å². The largest absolute Gasteiger partial charge is 0.254 e. The van der Waals surface area contributed by atoms with E-state index < -0.39 is 0 Å². The number of pyridine rings is 2. The number of nitrogens with zero attached hydrogens (tertiary/aromatic N) is 2. The summed E-state index contributed by atoms with van der Waals surface area (Å²) in [6, 6.07) is 18.8. The molecule has 1 aliphatic carbocycles. The Morgan fingerprint density at radius 1 is 0.700 bits per heavy atom. The van der Waals surface area contributed by atoms with Crippen molar-refractivity contribution >= 4 is 0 Å². The molecular weight excluding hydrogens is 244 g/mol. The van der Waals surface area contributed by atoms with E-state index in [4.69, 9.17) is 4.98 Å². The number of hydrogen-bond acceptors (Lipinski definition) is 2. The van der Waals surface area contributed by atoms with E-state index in [0.29, 0.717) is 0 Å². The Labute approximate surface area is 118 Å². The minimum absolute atomic E-state index is 1.02. The molecule has 0 aliphatic heterocycles. The quantitative estimate of drug-likeness (QED) is 0.661. The lowest BCUT2D eigenvalue weighted by Crippen LogP contribution is -2.07. The van der Waals surface area contributed by atoms with E-state index in [-0.39, 0.29) is 0 Å². The highest BCUT2D eigenvalue weighted by molar-refractivity contribution is 5.70. The van der Waals surface area contributed by atoms with Crippen LogP contribution in [0.15, 0.2) is 60.8 Å². The van der Waals surface area contributed by atoms with Gasteiger partial charge in [-0.15, -0.1) is 0 Å². The lowest BCUT2D eigenvalue weighted by atomic mass is 9.92. The number of rotatable bonds is 1. The fourth-order valence-corrected chi connectivity index (χ4v) is 2.79. The van der Waals surface area contributed by atoms with E-state index in [1.807, 2.05) is 30.5 Å². The van der Waals surface area contributed by atoms with Gasteiger partial charge in [-0.3, -0.25) is 4.98 Å². The van der Waals surface area contributed by atoms with Crippen LogP contribution in [-0.4, -0.2) is 9.97 Å². The monoisotopic (exact) mass is 258 g/mol. The maximum atomic E-state index is 4.86. The van der Waals surface area contributed by atoms with Gasteiger partial charge in [0.1, 0.15) is 0 Å². The average Bonchev–Trinajstić information content (AvgIpc) is 2.55. The van der Waals surface area contributed by atoms with Gasteiger partial charge < -0.3 is 0 Å². The third-order valence-corrected chi connectivity index (χ3v) is 3.83. The fourth-order valence-electron chi connectivity index (χ4n) is 2.79. The first-order chi connectivity index (χ1) is 9.92. The minimum Gasteiger partial charge on any atom is -0.254 e. The van der Waals surface area contributed by atoms with Gasteiger partial charge in [0, 0.05) is 11.8 Å². The average molecular weight is 258 g/mol. The Kier molecular flexibility index (Phi) is 2.59. The first-order valence-corrected chi connectivity index (χ1v) is 6.91. The summed E-state index contributed by atoms with van der Waals surface area (Å²) in [5.74, 6) is 0. The maximum absolute atomic E-state index is 4.86. The van der Waals surface area contributed by atoms with Crippen molar-refractivity contribution in [2.45, 2.75) is 12.8 Å². The second-order valence-electron chi connectivity index (χ2n) is 5.08. The molecule has 4 rings (SSSR count). The third kappa shape index (κ3) is 1.81. The topological polar surface area (TPSA) is 25.8 Å². The van der Waals surface area contributed by atoms with Crippen molar-refractivity contribution in [2.24, 2.45) is 0 Å². The van der Waals surface area contributed by atoms with E-state index >= 15 is 0 Å². The first kappa shape index (κ1) is 11.4. The van der Waals surface area contributed by atoms with E-state index in [1.165, 1.54) is 11.1 Å². The lowest BCUT2D eigenvalue weighted by Gasteiger charge is -2.18. The van der Waals surface area contributed by atoms with Crippen LogP contribution in [-0.2, 0) is 12.8 Å². The zero-order valence-electron chi connectivity index (χ0n) is 11.1. The normalized spacial score (nSPS) is 12.6. The summed E-state index contributed by atoms with van der Waals surface area (Å²) in [5, 5.41) is 0. The molecule has 0 amide bonds. The minimum atomic E-state index is 1.02. The molecule has 2 heteroatoms. The van der Waals surface area contributed by atoms with Crippen molar-refractivity contribution in [3.8, 4) is 22.6 Å². The van der Waals surface area contributed by atoms with Gasteiger partial charge in [-0.05, 0) is 36.1 Å². The SMILES string of the molecule is c1ccc(-c2ccc3c(n2)-c2ncccc2CC3)cc1. The standard InChI is InChI=1S/C18H14N2/c1-2-5-13(6-3-1)16-11-10-15-9-8-14-7-4-12-19-17(14)18(15)20-16/h1-7,10-12H,8-9H2. The first-order valence-electron chi connectivity index (χ1n) is 6.91. The Bertz CT molecular complexity index is 763. The van der Waals surface area contributed by atoms with Gasteiger partial charge in [-0.1, -0.05) is 42.5 Å². The molecule has 1 aromatic carbocycles. The molecular formula is C18H14N2. The van der Waals surface area contributed by atoms with Crippen molar-refractivity contribution in [3.63, 3.8) is 0 Å². The summed E-state index contributed by atoms with van der Waals surface area (Å²) in [6.45, 7) is 0. The van der Waals surface area contributed by atoms with Gasteiger partial charge >= 0.3 is 0 Å². The molecule has 96 valence electrons. The van der Waals surface area contributed by atoms with Gasteiger partial charge in [0.05, 0.1) is 17.1 Å². The van der Waals surface area contributed by atoms with Crippen LogP contribution in [0, 0.1) is 0 Å². The number of hydrogen-bond donors (Lipinski definition) is 0. The summed E-state index contributed by atoms with van der Waals surface area (Å²) in [6.07, 6.45) is 3.96. The van der Waals surface area contributed by atoms with Crippen LogP contribution >= 0.6 is 0 Å². The van der Waals surface area contributed by atoms with Gasteiger partial charge in [-0.2, -0.15) is 0 Å². The van der Waals surface area contributed by atoms with Crippen molar-refractivity contribution in [2.75, 3.05) is 0 Å². The van der Waals surface area contributed by atoms with Crippen molar-refractivity contribution in [1.82, 2.24) is 9.97 Å². The van der Waals surface area contributed by atoms with Crippen LogP contribution in [0.2, 0.25) is 0 Å². The number of aromatic nitrogens is 2. The smallest absolute Gasteiger partial charge is 0.0928 e. The molecule has 0 bridgehead atoms. The molecule has 0 spiro atoms. The molecule has 0 saturated heterocycles.